The molecule has 0 unspecified atom stereocenters. The largest absolute Gasteiger partial charge is 0.387 e. The van der Waals surface area contributed by atoms with Gasteiger partial charge in [0.2, 0.25) is 5.91 Å². The predicted molar refractivity (Wildman–Crippen MR) is 146 cm³/mol. The Kier molecular flexibility index (Phi) is 7.98. The third-order valence-corrected chi connectivity index (χ3v) is 8.64. The third-order valence-electron chi connectivity index (χ3n) is 8.64. The van der Waals surface area contributed by atoms with Crippen molar-refractivity contribution in [2.24, 2.45) is 0 Å². The first-order valence-corrected chi connectivity index (χ1v) is 14.0. The minimum Gasteiger partial charge on any atom is -0.387 e. The molecule has 0 bridgehead atoms. The Balaban J connectivity index is 1.30. The summed E-state index contributed by atoms with van der Waals surface area (Å²) in [5.41, 5.74) is 3.12. The number of hydrogen-bond acceptors (Lipinski definition) is 7. The number of piperazine rings is 2. The lowest BCUT2D eigenvalue weighted by Crippen LogP contribution is -2.53. The highest BCUT2D eigenvalue weighted by Crippen LogP contribution is 2.42. The van der Waals surface area contributed by atoms with Gasteiger partial charge in [0, 0.05) is 70.5 Å². The second-order valence-corrected chi connectivity index (χ2v) is 11.5. The predicted octanol–water partition coefficient (Wildman–Crippen LogP) is 2.92. The molecule has 1 aliphatic carbocycles. The molecule has 8 nitrogen and oxygen atoms in total. The first-order chi connectivity index (χ1) is 18.2. The van der Waals surface area contributed by atoms with E-state index < -0.39 is 12.0 Å². The lowest BCUT2D eigenvalue weighted by Gasteiger charge is -2.40. The number of aliphatic hydroxyl groups excluding tert-OH is 1. The Morgan fingerprint density at radius 1 is 1.08 bits per heavy atom. The molecule has 2 aliphatic heterocycles. The van der Waals surface area contributed by atoms with Gasteiger partial charge in [-0.15, -0.1) is 0 Å². The number of amides is 1. The Hall–Kier alpha value is -2.62. The van der Waals surface area contributed by atoms with Crippen molar-refractivity contribution in [1.29, 1.82) is 0 Å². The maximum absolute atomic E-state index is 14.6. The zero-order chi connectivity index (χ0) is 27.0. The normalized spacial score (nSPS) is 23.7. The van der Waals surface area contributed by atoms with Crippen LogP contribution in [0.2, 0.25) is 0 Å². The monoisotopic (exact) mass is 524 g/mol. The third kappa shape index (κ3) is 5.42. The van der Waals surface area contributed by atoms with Gasteiger partial charge in [-0.05, 0) is 50.3 Å². The van der Waals surface area contributed by atoms with Crippen LogP contribution >= 0.6 is 0 Å². The molecule has 0 spiro atoms. The molecule has 206 valence electrons. The van der Waals surface area contributed by atoms with Gasteiger partial charge in [0.15, 0.2) is 0 Å². The number of hydrogen-bond donors (Lipinski definition) is 1. The summed E-state index contributed by atoms with van der Waals surface area (Å²) in [6.07, 6.45) is 1.66. The van der Waals surface area contributed by atoms with Crippen LogP contribution < -0.4 is 4.90 Å². The molecule has 3 atom stereocenters. The number of nitrogens with zero attached hydrogens (tertiary/aromatic N) is 6. The molecule has 0 saturated carbocycles. The molecule has 38 heavy (non-hydrogen) atoms. The van der Waals surface area contributed by atoms with E-state index in [-0.39, 0.29) is 17.6 Å². The van der Waals surface area contributed by atoms with Crippen LogP contribution in [0.5, 0.6) is 0 Å². The smallest absolute Gasteiger partial charge is 0.231 e. The van der Waals surface area contributed by atoms with Crippen LogP contribution in [0.4, 0.5) is 10.2 Å². The first kappa shape index (κ1) is 27.0. The molecule has 5 rings (SSSR count). The van der Waals surface area contributed by atoms with Crippen molar-refractivity contribution in [2.45, 2.75) is 58.1 Å². The molecule has 9 heteroatoms. The van der Waals surface area contributed by atoms with Gasteiger partial charge in [-0.2, -0.15) is 0 Å². The number of fused-ring (bicyclic) bond motifs is 1. The molecular formula is C29H41FN6O2. The van der Waals surface area contributed by atoms with Crippen LogP contribution in [-0.2, 0) is 4.79 Å². The van der Waals surface area contributed by atoms with E-state index in [0.717, 1.165) is 48.8 Å². The van der Waals surface area contributed by atoms with E-state index in [1.54, 1.807) is 19.1 Å². The minimum atomic E-state index is -0.539. The second-order valence-electron chi connectivity index (χ2n) is 11.5. The standard InChI is InChI=1S/C29H41FN6O2/c1-19(2)34-9-7-33(8-10-34)17-23(22-6-5-20(3)24(30)16-22)29(38)36-13-11-35(12-14-36)28-26-21(4)15-25(37)27(26)31-18-32-28/h5-6,16,18-19,21,23,25,37H,7-15,17H2,1-4H3/t21-,23-,25-/m1/s1. The molecule has 2 saturated heterocycles. The maximum atomic E-state index is 14.6. The molecular weight excluding hydrogens is 483 g/mol. The SMILES string of the molecule is Cc1ccc([C@@H](CN2CCN(C(C)C)CC2)C(=O)N2CCN(c3ncnc4c3[C@H](C)C[C@H]4O)CC2)cc1F. The lowest BCUT2D eigenvalue weighted by molar-refractivity contribution is -0.133. The van der Waals surface area contributed by atoms with Crippen molar-refractivity contribution in [3.05, 3.63) is 52.7 Å². The zero-order valence-electron chi connectivity index (χ0n) is 23.1. The highest BCUT2D eigenvalue weighted by atomic mass is 19.1. The van der Waals surface area contributed by atoms with E-state index in [1.807, 2.05) is 11.0 Å². The van der Waals surface area contributed by atoms with Gasteiger partial charge in [-0.1, -0.05) is 19.1 Å². The molecule has 2 aromatic rings. The van der Waals surface area contributed by atoms with Crippen molar-refractivity contribution < 1.29 is 14.3 Å². The van der Waals surface area contributed by atoms with Crippen LogP contribution in [0.25, 0.3) is 0 Å². The van der Waals surface area contributed by atoms with Crippen molar-refractivity contribution in [3.63, 3.8) is 0 Å². The Morgan fingerprint density at radius 2 is 1.79 bits per heavy atom. The summed E-state index contributed by atoms with van der Waals surface area (Å²) < 4.78 is 14.6. The Bertz CT molecular complexity index is 1140. The Morgan fingerprint density at radius 3 is 2.45 bits per heavy atom. The number of aryl methyl sites for hydroxylation is 1. The van der Waals surface area contributed by atoms with E-state index in [9.17, 15) is 14.3 Å². The number of carbonyl (C=O) groups is 1. The van der Waals surface area contributed by atoms with Crippen LogP contribution in [0.15, 0.2) is 24.5 Å². The van der Waals surface area contributed by atoms with Crippen molar-refractivity contribution in [2.75, 3.05) is 63.8 Å². The van der Waals surface area contributed by atoms with Gasteiger partial charge in [0.25, 0.3) is 0 Å². The quantitative estimate of drug-likeness (QED) is 0.623. The minimum absolute atomic E-state index is 0.0656. The van der Waals surface area contributed by atoms with Crippen LogP contribution in [0.3, 0.4) is 0 Å². The van der Waals surface area contributed by atoms with E-state index in [2.05, 4.69) is 45.4 Å². The summed E-state index contributed by atoms with van der Waals surface area (Å²) in [6.45, 7) is 15.2. The molecule has 3 aliphatic rings. The highest BCUT2D eigenvalue weighted by molar-refractivity contribution is 5.84. The molecule has 1 aromatic heterocycles. The van der Waals surface area contributed by atoms with Gasteiger partial charge in [-0.3, -0.25) is 14.6 Å². The number of aromatic nitrogens is 2. The molecule has 2 fully saturated rings. The number of halogens is 1. The van der Waals surface area contributed by atoms with Gasteiger partial charge >= 0.3 is 0 Å². The molecule has 1 amide bonds. The maximum Gasteiger partial charge on any atom is 0.231 e. The molecule has 1 N–H and O–H groups in total. The molecule has 1 aromatic carbocycles. The molecule has 3 heterocycles. The Labute approximate surface area is 225 Å². The number of rotatable bonds is 6. The fourth-order valence-electron chi connectivity index (χ4n) is 6.19. The van der Waals surface area contributed by atoms with Crippen LogP contribution in [0.1, 0.15) is 67.5 Å². The van der Waals surface area contributed by atoms with Gasteiger partial charge in [-0.25, -0.2) is 14.4 Å². The summed E-state index contributed by atoms with van der Waals surface area (Å²) in [7, 11) is 0. The van der Waals surface area contributed by atoms with Gasteiger partial charge in [0.1, 0.15) is 18.0 Å². The summed E-state index contributed by atoms with van der Waals surface area (Å²) in [5, 5.41) is 10.4. The number of carbonyl (C=O) groups excluding carboxylic acids is 1. The fourth-order valence-corrected chi connectivity index (χ4v) is 6.19. The van der Waals surface area contributed by atoms with Crippen LogP contribution in [-0.4, -0.2) is 101 Å². The first-order valence-electron chi connectivity index (χ1n) is 14.0. The topological polar surface area (TPSA) is 76.0 Å². The van der Waals surface area contributed by atoms with Crippen molar-refractivity contribution >= 4 is 11.7 Å². The summed E-state index contributed by atoms with van der Waals surface area (Å²) in [5.74, 6) is 0.486. The van der Waals surface area contributed by atoms with E-state index in [0.29, 0.717) is 50.7 Å². The van der Waals surface area contributed by atoms with Crippen molar-refractivity contribution in [3.8, 4) is 0 Å². The number of aliphatic hydroxyl groups is 1. The fraction of sp³-hybridized carbons (Fsp3) is 0.621. The van der Waals surface area contributed by atoms with E-state index in [1.165, 1.54) is 6.33 Å². The number of anilines is 1. The zero-order valence-corrected chi connectivity index (χ0v) is 23.1. The highest BCUT2D eigenvalue weighted by Gasteiger charge is 2.35. The van der Waals surface area contributed by atoms with Gasteiger partial charge < -0.3 is 14.9 Å². The van der Waals surface area contributed by atoms with Crippen LogP contribution in [0, 0.1) is 12.7 Å². The van der Waals surface area contributed by atoms with Gasteiger partial charge in [0.05, 0.1) is 17.7 Å². The summed E-state index contributed by atoms with van der Waals surface area (Å²) in [4.78, 5) is 31.8. The summed E-state index contributed by atoms with van der Waals surface area (Å²) >= 11 is 0. The average Bonchev–Trinajstić information content (AvgIpc) is 3.22. The lowest BCUT2D eigenvalue weighted by atomic mass is 9.94. The van der Waals surface area contributed by atoms with E-state index in [4.69, 9.17) is 0 Å². The van der Waals surface area contributed by atoms with Crippen molar-refractivity contribution in [1.82, 2.24) is 24.7 Å². The van der Waals surface area contributed by atoms with E-state index >= 15 is 0 Å². The second kappa shape index (κ2) is 11.2. The molecule has 0 radical (unpaired) electrons. The summed E-state index contributed by atoms with van der Waals surface area (Å²) in [6, 6.07) is 5.76. The average molecular weight is 525 g/mol. The number of benzene rings is 1.